The number of rotatable bonds is 6. The lowest BCUT2D eigenvalue weighted by molar-refractivity contribution is -0.120. The van der Waals surface area contributed by atoms with E-state index in [1.54, 1.807) is 24.3 Å². The lowest BCUT2D eigenvalue weighted by atomic mass is 10.1. The number of halogens is 1. The Balaban J connectivity index is 1.53. The highest BCUT2D eigenvalue weighted by atomic mass is 79.9. The van der Waals surface area contributed by atoms with E-state index in [-0.39, 0.29) is 18.1 Å². The van der Waals surface area contributed by atoms with Crippen molar-refractivity contribution in [2.24, 2.45) is 5.10 Å². The normalized spacial score (nSPS) is 10.8. The smallest absolute Gasteiger partial charge is 0.257 e. The van der Waals surface area contributed by atoms with Crippen molar-refractivity contribution in [2.75, 3.05) is 5.32 Å². The highest BCUT2D eigenvalue weighted by molar-refractivity contribution is 9.10. The van der Waals surface area contributed by atoms with Crippen LogP contribution in [0, 0.1) is 6.92 Å². The zero-order valence-electron chi connectivity index (χ0n) is 15.2. The number of nitrogens with zero attached hydrogens (tertiary/aromatic N) is 3. The van der Waals surface area contributed by atoms with Gasteiger partial charge in [-0.2, -0.15) is 5.10 Å². The quantitative estimate of drug-likeness (QED) is 0.375. The first kappa shape index (κ1) is 20.6. The summed E-state index contributed by atoms with van der Waals surface area (Å²) in [6, 6.07) is 12.0. The maximum absolute atomic E-state index is 12.2. The zero-order chi connectivity index (χ0) is 20.8. The van der Waals surface area contributed by atoms with Crippen molar-refractivity contribution in [3.8, 4) is 5.75 Å². The van der Waals surface area contributed by atoms with E-state index >= 15 is 0 Å². The lowest BCUT2D eigenvalue weighted by Crippen LogP contribution is -2.19. The van der Waals surface area contributed by atoms with E-state index in [1.165, 1.54) is 12.3 Å². The Kier molecular flexibility index (Phi) is 6.68. The number of nitrogens with one attached hydrogen (secondary N) is 2. The van der Waals surface area contributed by atoms with Crippen LogP contribution in [0.25, 0.3) is 0 Å². The molecule has 3 rings (SSSR count). The molecule has 0 fully saturated rings. The molecule has 29 heavy (non-hydrogen) atoms. The van der Waals surface area contributed by atoms with Gasteiger partial charge in [0, 0.05) is 15.6 Å². The summed E-state index contributed by atoms with van der Waals surface area (Å²) < 4.78 is 0.775. The summed E-state index contributed by atoms with van der Waals surface area (Å²) in [6.07, 6.45) is 1.30. The van der Waals surface area contributed by atoms with E-state index in [9.17, 15) is 14.7 Å². The molecule has 2 aromatic carbocycles. The Labute approximate surface area is 178 Å². The summed E-state index contributed by atoms with van der Waals surface area (Å²) >= 11 is 4.40. The number of aryl methyl sites for hydroxylation is 1. The summed E-state index contributed by atoms with van der Waals surface area (Å²) in [5, 5.41) is 24.7. The van der Waals surface area contributed by atoms with Crippen LogP contribution in [-0.4, -0.2) is 33.3 Å². The van der Waals surface area contributed by atoms with Crippen LogP contribution in [-0.2, 0) is 11.2 Å². The minimum Gasteiger partial charge on any atom is -0.507 e. The van der Waals surface area contributed by atoms with Crippen molar-refractivity contribution in [1.29, 1.82) is 0 Å². The van der Waals surface area contributed by atoms with Crippen molar-refractivity contribution >= 4 is 50.4 Å². The second-order valence-corrected chi connectivity index (χ2v) is 7.97. The molecule has 0 aliphatic carbocycles. The van der Waals surface area contributed by atoms with E-state index in [0.717, 1.165) is 21.4 Å². The van der Waals surface area contributed by atoms with Gasteiger partial charge in [0.25, 0.3) is 5.91 Å². The van der Waals surface area contributed by atoms with Gasteiger partial charge < -0.3 is 5.11 Å². The van der Waals surface area contributed by atoms with Gasteiger partial charge in [0.05, 0.1) is 12.6 Å². The molecule has 3 N–H and O–H groups in total. The molecular formula is C19H16BrN5O3S. The fourth-order valence-corrected chi connectivity index (χ4v) is 3.34. The molecule has 0 aliphatic heterocycles. The maximum Gasteiger partial charge on any atom is 0.257 e. The van der Waals surface area contributed by atoms with Gasteiger partial charge >= 0.3 is 0 Å². The van der Waals surface area contributed by atoms with Crippen LogP contribution in [0.5, 0.6) is 5.75 Å². The van der Waals surface area contributed by atoms with Crippen molar-refractivity contribution < 1.29 is 14.7 Å². The van der Waals surface area contributed by atoms with Crippen molar-refractivity contribution in [2.45, 2.75) is 13.3 Å². The Morgan fingerprint density at radius 1 is 1.21 bits per heavy atom. The van der Waals surface area contributed by atoms with Gasteiger partial charge in [-0.1, -0.05) is 45.0 Å². The fourth-order valence-electron chi connectivity index (χ4n) is 2.23. The van der Waals surface area contributed by atoms with Gasteiger partial charge in [0.15, 0.2) is 0 Å². The molecule has 0 aliphatic rings. The van der Waals surface area contributed by atoms with Crippen LogP contribution in [0.2, 0.25) is 0 Å². The van der Waals surface area contributed by atoms with Gasteiger partial charge in [-0.25, -0.2) is 5.43 Å². The third-order valence-corrected chi connectivity index (χ3v) is 5.03. The van der Waals surface area contributed by atoms with Crippen LogP contribution in [0.15, 0.2) is 52.0 Å². The van der Waals surface area contributed by atoms with Crippen molar-refractivity contribution in [3.63, 3.8) is 0 Å². The Bertz CT molecular complexity index is 1070. The van der Waals surface area contributed by atoms with E-state index in [1.807, 2.05) is 19.1 Å². The number of amides is 2. The zero-order valence-corrected chi connectivity index (χ0v) is 17.6. The standard InChI is InChI=1S/C19H16BrN5O3S/c1-11-2-4-12(5-3-11)18(28)22-19-25-24-17(29-19)9-16(27)23-21-10-13-8-14(20)6-7-15(13)26/h2-8,10,26H,9H2,1H3,(H,23,27)(H,22,25,28)/b21-10-. The van der Waals surface area contributed by atoms with Crippen LogP contribution in [0.3, 0.4) is 0 Å². The number of aromatic nitrogens is 2. The van der Waals surface area contributed by atoms with Crippen molar-refractivity contribution in [1.82, 2.24) is 15.6 Å². The predicted octanol–water partition coefficient (Wildman–Crippen LogP) is 3.26. The fraction of sp³-hybridized carbons (Fsp3) is 0.105. The highest BCUT2D eigenvalue weighted by Crippen LogP contribution is 2.20. The first-order valence-corrected chi connectivity index (χ1v) is 10.0. The second kappa shape index (κ2) is 9.39. The molecule has 0 radical (unpaired) electrons. The van der Waals surface area contributed by atoms with Crippen molar-refractivity contribution in [3.05, 3.63) is 68.6 Å². The molecule has 0 spiro atoms. The molecule has 0 saturated heterocycles. The Morgan fingerprint density at radius 3 is 2.72 bits per heavy atom. The van der Waals surface area contributed by atoms with Gasteiger partial charge in [-0.3, -0.25) is 14.9 Å². The number of carbonyl (C=O) groups excluding carboxylic acids is 2. The van der Waals surface area contributed by atoms with Crippen LogP contribution in [0.4, 0.5) is 5.13 Å². The van der Waals surface area contributed by atoms with Crippen LogP contribution >= 0.6 is 27.3 Å². The largest absolute Gasteiger partial charge is 0.507 e. The van der Waals surface area contributed by atoms with E-state index in [2.05, 4.69) is 42.0 Å². The summed E-state index contributed by atoms with van der Waals surface area (Å²) in [5.74, 6) is -0.650. The molecule has 0 saturated carbocycles. The average Bonchev–Trinajstić information content (AvgIpc) is 3.11. The average molecular weight is 474 g/mol. The second-order valence-electron chi connectivity index (χ2n) is 5.99. The van der Waals surface area contributed by atoms with Crippen LogP contribution < -0.4 is 10.7 Å². The molecule has 10 heteroatoms. The molecule has 0 bridgehead atoms. The van der Waals surface area contributed by atoms with Gasteiger partial charge in [-0.05, 0) is 37.3 Å². The summed E-state index contributed by atoms with van der Waals surface area (Å²) in [6.45, 7) is 1.94. The third kappa shape index (κ3) is 5.93. The summed E-state index contributed by atoms with van der Waals surface area (Å²) in [7, 11) is 0. The number of benzene rings is 2. The van der Waals surface area contributed by atoms with E-state index < -0.39 is 5.91 Å². The summed E-state index contributed by atoms with van der Waals surface area (Å²) in [5.41, 5.74) is 4.39. The molecule has 148 valence electrons. The topological polar surface area (TPSA) is 117 Å². The number of hydrazone groups is 1. The van der Waals surface area contributed by atoms with E-state index in [4.69, 9.17) is 0 Å². The van der Waals surface area contributed by atoms with E-state index in [0.29, 0.717) is 21.3 Å². The molecule has 1 aromatic heterocycles. The molecule has 2 amide bonds. The summed E-state index contributed by atoms with van der Waals surface area (Å²) in [4.78, 5) is 24.2. The molecular weight excluding hydrogens is 458 g/mol. The monoisotopic (exact) mass is 473 g/mol. The first-order valence-electron chi connectivity index (χ1n) is 8.41. The minimum absolute atomic E-state index is 0.0418. The molecule has 3 aromatic rings. The predicted molar refractivity (Wildman–Crippen MR) is 114 cm³/mol. The number of anilines is 1. The maximum atomic E-state index is 12.2. The highest BCUT2D eigenvalue weighted by Gasteiger charge is 2.12. The molecule has 1 heterocycles. The molecule has 8 nitrogen and oxygen atoms in total. The van der Waals surface area contributed by atoms with Gasteiger partial charge in [0.2, 0.25) is 11.0 Å². The number of hydrogen-bond donors (Lipinski definition) is 3. The Morgan fingerprint density at radius 2 is 1.97 bits per heavy atom. The number of carbonyl (C=O) groups is 2. The van der Waals surface area contributed by atoms with Crippen LogP contribution in [0.1, 0.15) is 26.5 Å². The molecule has 0 unspecified atom stereocenters. The number of phenolic OH excluding ortho intramolecular Hbond substituents is 1. The third-order valence-electron chi connectivity index (χ3n) is 3.70. The SMILES string of the molecule is Cc1ccc(C(=O)Nc2nnc(CC(=O)N/N=C\c3cc(Br)ccc3O)s2)cc1. The lowest BCUT2D eigenvalue weighted by Gasteiger charge is -2.01. The first-order chi connectivity index (χ1) is 13.9. The van der Waals surface area contributed by atoms with Gasteiger partial charge in [0.1, 0.15) is 10.8 Å². The number of aromatic hydroxyl groups is 1. The minimum atomic E-state index is -0.400. The molecule has 0 atom stereocenters. The van der Waals surface area contributed by atoms with Gasteiger partial charge in [-0.15, -0.1) is 10.2 Å². The number of hydrogen-bond acceptors (Lipinski definition) is 7. The Hall–Kier alpha value is -3.11. The number of phenols is 1.